The Hall–Kier alpha value is -2.25. The number of hydrogen-bond acceptors (Lipinski definition) is 5. The van der Waals surface area contributed by atoms with E-state index in [-0.39, 0.29) is 11.9 Å². The highest BCUT2D eigenvalue weighted by Crippen LogP contribution is 2.39. The number of carbonyl (C=O) groups is 2. The van der Waals surface area contributed by atoms with Crippen molar-refractivity contribution in [2.45, 2.75) is 43.7 Å². The first-order valence-corrected chi connectivity index (χ1v) is 10.3. The normalized spacial score (nSPS) is 16.1. The Labute approximate surface area is 173 Å². The molecule has 1 atom stereocenters. The molecular formula is C20H22ClN3O3S. The number of amides is 2. The largest absolute Gasteiger partial charge is 0.444 e. The van der Waals surface area contributed by atoms with Crippen LogP contribution in [0.4, 0.5) is 10.5 Å². The van der Waals surface area contributed by atoms with Gasteiger partial charge in [-0.1, -0.05) is 11.6 Å². The van der Waals surface area contributed by atoms with Gasteiger partial charge in [-0.3, -0.25) is 9.78 Å². The van der Waals surface area contributed by atoms with Crippen molar-refractivity contribution in [2.24, 2.45) is 0 Å². The van der Waals surface area contributed by atoms with Crippen LogP contribution in [0.2, 0.25) is 5.02 Å². The van der Waals surface area contributed by atoms with Crippen LogP contribution in [0.25, 0.3) is 0 Å². The fraction of sp³-hybridized carbons (Fsp3) is 0.350. The lowest BCUT2D eigenvalue weighted by Crippen LogP contribution is -2.36. The van der Waals surface area contributed by atoms with E-state index in [2.05, 4.69) is 15.6 Å². The van der Waals surface area contributed by atoms with E-state index in [1.165, 1.54) is 0 Å². The van der Waals surface area contributed by atoms with Crippen LogP contribution < -0.4 is 10.6 Å². The van der Waals surface area contributed by atoms with Crippen molar-refractivity contribution in [3.63, 3.8) is 0 Å². The van der Waals surface area contributed by atoms with Gasteiger partial charge in [0.1, 0.15) is 5.60 Å². The zero-order valence-corrected chi connectivity index (χ0v) is 17.5. The van der Waals surface area contributed by atoms with E-state index in [4.69, 9.17) is 16.3 Å². The monoisotopic (exact) mass is 419 g/mol. The number of aromatic nitrogens is 1. The fourth-order valence-corrected chi connectivity index (χ4v) is 4.22. The smallest absolute Gasteiger partial charge is 0.408 e. The van der Waals surface area contributed by atoms with E-state index in [9.17, 15) is 9.59 Å². The molecular weight excluding hydrogens is 398 g/mol. The maximum Gasteiger partial charge on any atom is 0.408 e. The minimum absolute atomic E-state index is 0.207. The number of ether oxygens (including phenoxy) is 1. The van der Waals surface area contributed by atoms with E-state index in [1.54, 1.807) is 48.4 Å². The third kappa shape index (κ3) is 5.17. The predicted molar refractivity (Wildman–Crippen MR) is 111 cm³/mol. The number of rotatable bonds is 3. The molecule has 0 saturated carbocycles. The quantitative estimate of drug-likeness (QED) is 0.727. The Morgan fingerprint density at radius 2 is 1.96 bits per heavy atom. The van der Waals surface area contributed by atoms with E-state index in [0.29, 0.717) is 16.3 Å². The summed E-state index contributed by atoms with van der Waals surface area (Å²) >= 11 is 8.04. The van der Waals surface area contributed by atoms with Gasteiger partial charge in [-0.2, -0.15) is 0 Å². The Balaban J connectivity index is 1.80. The van der Waals surface area contributed by atoms with Crippen molar-refractivity contribution >= 4 is 41.1 Å². The first-order chi connectivity index (χ1) is 13.2. The number of alkyl carbamates (subject to hydrolysis) is 1. The molecule has 6 nitrogen and oxygen atoms in total. The molecule has 1 aromatic carbocycles. The molecule has 0 saturated heterocycles. The summed E-state index contributed by atoms with van der Waals surface area (Å²) in [5.74, 6) is 0.530. The van der Waals surface area contributed by atoms with Gasteiger partial charge in [0.15, 0.2) is 0 Å². The molecule has 2 N–H and O–H groups in total. The number of halogens is 1. The van der Waals surface area contributed by atoms with Gasteiger partial charge in [-0.15, -0.1) is 11.8 Å². The minimum atomic E-state index is -0.567. The van der Waals surface area contributed by atoms with Crippen molar-refractivity contribution in [1.29, 1.82) is 0 Å². The molecule has 0 fully saturated rings. The number of carbonyl (C=O) groups excluding carboxylic acids is 2. The molecule has 148 valence electrons. The lowest BCUT2D eigenvalue weighted by atomic mass is 10.0. The van der Waals surface area contributed by atoms with E-state index < -0.39 is 11.7 Å². The highest BCUT2D eigenvalue weighted by atomic mass is 35.5. The number of hydrogen-bond donors (Lipinski definition) is 2. The number of thioether (sulfide) groups is 1. The van der Waals surface area contributed by atoms with E-state index >= 15 is 0 Å². The van der Waals surface area contributed by atoms with Crippen LogP contribution in [0.1, 0.15) is 49.2 Å². The summed E-state index contributed by atoms with van der Waals surface area (Å²) < 4.78 is 5.36. The second kappa shape index (κ2) is 8.41. The van der Waals surface area contributed by atoms with Gasteiger partial charge in [0, 0.05) is 28.7 Å². The molecule has 1 aromatic heterocycles. The summed E-state index contributed by atoms with van der Waals surface area (Å²) in [6.45, 7) is 5.46. The van der Waals surface area contributed by atoms with Crippen LogP contribution in [0.5, 0.6) is 0 Å². The van der Waals surface area contributed by atoms with E-state index in [1.807, 2.05) is 20.8 Å². The van der Waals surface area contributed by atoms with Crippen molar-refractivity contribution in [2.75, 3.05) is 11.1 Å². The third-order valence-electron chi connectivity index (χ3n) is 4.01. The zero-order chi connectivity index (χ0) is 20.3. The first kappa shape index (κ1) is 20.5. The lowest BCUT2D eigenvalue weighted by Gasteiger charge is -2.28. The average Bonchev–Trinajstić information content (AvgIpc) is 2.61. The van der Waals surface area contributed by atoms with Crippen LogP contribution in [0.15, 0.2) is 41.6 Å². The first-order valence-electron chi connectivity index (χ1n) is 8.90. The van der Waals surface area contributed by atoms with Crippen molar-refractivity contribution in [1.82, 2.24) is 10.3 Å². The Bertz CT molecular complexity index is 884. The number of fused-ring (bicyclic) bond motifs is 1. The molecule has 0 unspecified atom stereocenters. The lowest BCUT2D eigenvalue weighted by molar-refractivity contribution is 0.0501. The molecule has 2 aromatic rings. The number of nitrogens with zero attached hydrogens (tertiary/aromatic N) is 1. The van der Waals surface area contributed by atoms with Crippen LogP contribution in [0, 0.1) is 0 Å². The SMILES string of the molecule is CC(C)(C)OC(=O)N[C@H]1CCSc2cc(C(=O)Nc3ccncc3)c(Cl)cc21. The van der Waals surface area contributed by atoms with Crippen LogP contribution in [-0.4, -0.2) is 28.3 Å². The number of pyridine rings is 1. The summed E-state index contributed by atoms with van der Waals surface area (Å²) in [5.41, 5.74) is 1.37. The standard InChI is InChI=1S/C20H22ClN3O3S/c1-20(2,3)27-19(26)24-16-6-9-28-17-11-13(15(21)10-14(16)17)18(25)23-12-4-7-22-8-5-12/h4-5,7-8,10-11,16H,6,9H2,1-3H3,(H,24,26)(H,22,23,25)/t16-/m0/s1. The Morgan fingerprint density at radius 3 is 2.64 bits per heavy atom. The summed E-state index contributed by atoms with van der Waals surface area (Å²) in [4.78, 5) is 29.6. The number of benzene rings is 1. The third-order valence-corrected chi connectivity index (χ3v) is 5.43. The second-order valence-electron chi connectivity index (χ2n) is 7.40. The fourth-order valence-electron chi connectivity index (χ4n) is 2.82. The highest BCUT2D eigenvalue weighted by molar-refractivity contribution is 7.99. The van der Waals surface area contributed by atoms with Crippen LogP contribution in [-0.2, 0) is 4.74 Å². The summed E-state index contributed by atoms with van der Waals surface area (Å²) in [5, 5.41) is 6.06. The van der Waals surface area contributed by atoms with Gasteiger partial charge in [-0.05, 0) is 57.0 Å². The molecule has 2 amide bonds. The molecule has 0 radical (unpaired) electrons. The average molecular weight is 420 g/mol. The van der Waals surface area contributed by atoms with Crippen LogP contribution in [0.3, 0.4) is 0 Å². The molecule has 3 rings (SSSR count). The van der Waals surface area contributed by atoms with Gasteiger partial charge in [0.2, 0.25) is 0 Å². The Morgan fingerprint density at radius 1 is 1.25 bits per heavy atom. The van der Waals surface area contributed by atoms with Gasteiger partial charge < -0.3 is 15.4 Å². The Kier molecular flexibility index (Phi) is 6.15. The van der Waals surface area contributed by atoms with Gasteiger partial charge in [-0.25, -0.2) is 4.79 Å². The molecule has 0 spiro atoms. The molecule has 1 aliphatic heterocycles. The molecule has 28 heavy (non-hydrogen) atoms. The van der Waals surface area contributed by atoms with Crippen molar-refractivity contribution < 1.29 is 14.3 Å². The molecule has 8 heteroatoms. The summed E-state index contributed by atoms with van der Waals surface area (Å²) in [7, 11) is 0. The predicted octanol–water partition coefficient (Wildman–Crippen LogP) is 5.05. The molecule has 0 aliphatic carbocycles. The van der Waals surface area contributed by atoms with Crippen molar-refractivity contribution in [3.8, 4) is 0 Å². The van der Waals surface area contributed by atoms with Gasteiger partial charge in [0.25, 0.3) is 5.91 Å². The van der Waals surface area contributed by atoms with Crippen LogP contribution >= 0.6 is 23.4 Å². The minimum Gasteiger partial charge on any atom is -0.444 e. The summed E-state index contributed by atoms with van der Waals surface area (Å²) in [6, 6.07) is 6.74. The highest BCUT2D eigenvalue weighted by Gasteiger charge is 2.27. The van der Waals surface area contributed by atoms with E-state index in [0.717, 1.165) is 22.6 Å². The number of nitrogens with one attached hydrogen (secondary N) is 2. The second-order valence-corrected chi connectivity index (χ2v) is 8.94. The molecule has 2 heterocycles. The van der Waals surface area contributed by atoms with Crippen molar-refractivity contribution in [3.05, 3.63) is 52.8 Å². The zero-order valence-electron chi connectivity index (χ0n) is 15.9. The molecule has 1 aliphatic rings. The number of anilines is 1. The topological polar surface area (TPSA) is 80.3 Å². The summed E-state index contributed by atoms with van der Waals surface area (Å²) in [6.07, 6.45) is 3.50. The van der Waals surface area contributed by atoms with Gasteiger partial charge in [0.05, 0.1) is 16.6 Å². The van der Waals surface area contributed by atoms with Gasteiger partial charge >= 0.3 is 6.09 Å². The maximum absolute atomic E-state index is 12.6. The molecule has 0 bridgehead atoms. The maximum atomic E-state index is 12.6.